The van der Waals surface area contributed by atoms with Crippen LogP contribution in [0.15, 0.2) is 30.3 Å². The van der Waals surface area contributed by atoms with Crippen molar-refractivity contribution in [3.8, 4) is 5.88 Å². The lowest BCUT2D eigenvalue weighted by Gasteiger charge is -2.23. The van der Waals surface area contributed by atoms with E-state index in [4.69, 9.17) is 27.4 Å². The molecule has 0 atom stereocenters. The highest BCUT2D eigenvalue weighted by Gasteiger charge is 2.17. The summed E-state index contributed by atoms with van der Waals surface area (Å²) in [6, 6.07) is 9.63. The van der Waals surface area contributed by atoms with Crippen LogP contribution in [0.5, 0.6) is 5.88 Å². The summed E-state index contributed by atoms with van der Waals surface area (Å²) < 4.78 is 11.3. The minimum Gasteiger partial charge on any atom is -0.474 e. The van der Waals surface area contributed by atoms with Crippen molar-refractivity contribution in [3.05, 3.63) is 35.9 Å². The van der Waals surface area contributed by atoms with E-state index < -0.39 is 0 Å². The molecule has 2 aromatic rings. The molecule has 2 N–H and O–H groups in total. The van der Waals surface area contributed by atoms with E-state index in [0.29, 0.717) is 10.9 Å². The van der Waals surface area contributed by atoms with Gasteiger partial charge in [0.2, 0.25) is 5.88 Å². The van der Waals surface area contributed by atoms with Gasteiger partial charge in [-0.3, -0.25) is 0 Å². The Labute approximate surface area is 122 Å². The summed E-state index contributed by atoms with van der Waals surface area (Å²) in [5, 5.41) is 0.958. The average molecular weight is 288 g/mol. The van der Waals surface area contributed by atoms with Crippen molar-refractivity contribution in [2.24, 2.45) is 5.73 Å². The molecule has 1 saturated heterocycles. The van der Waals surface area contributed by atoms with E-state index in [9.17, 15) is 0 Å². The van der Waals surface area contributed by atoms with E-state index in [0.717, 1.165) is 42.5 Å². The molecule has 20 heavy (non-hydrogen) atoms. The molecule has 0 aliphatic carbocycles. The predicted molar refractivity (Wildman–Crippen MR) is 82.1 cm³/mol. The Morgan fingerprint density at radius 2 is 2.05 bits per heavy atom. The molecule has 4 nitrogen and oxygen atoms in total. The van der Waals surface area contributed by atoms with Crippen LogP contribution in [0.2, 0.25) is 0 Å². The van der Waals surface area contributed by atoms with Gasteiger partial charge >= 0.3 is 0 Å². The lowest BCUT2D eigenvalue weighted by molar-refractivity contribution is 0.0239. The van der Waals surface area contributed by atoms with Gasteiger partial charge in [-0.2, -0.15) is 0 Å². The summed E-state index contributed by atoms with van der Waals surface area (Å²) >= 11 is 5.13. The highest BCUT2D eigenvalue weighted by Crippen LogP contribution is 2.24. The molecule has 0 saturated carbocycles. The maximum atomic E-state index is 5.95. The van der Waals surface area contributed by atoms with Crippen molar-refractivity contribution in [2.45, 2.75) is 18.9 Å². The number of pyridine rings is 1. The number of nitrogens with zero attached hydrogens (tertiary/aromatic N) is 1. The summed E-state index contributed by atoms with van der Waals surface area (Å²) in [5.74, 6) is 0.582. The van der Waals surface area contributed by atoms with Crippen molar-refractivity contribution in [2.75, 3.05) is 13.2 Å². The third kappa shape index (κ3) is 2.73. The Bertz CT molecular complexity index is 639. The Morgan fingerprint density at radius 3 is 2.80 bits per heavy atom. The van der Waals surface area contributed by atoms with E-state index in [1.165, 1.54) is 0 Å². The van der Waals surface area contributed by atoms with Crippen LogP contribution in [0.25, 0.3) is 10.9 Å². The van der Waals surface area contributed by atoms with Crippen LogP contribution >= 0.6 is 12.2 Å². The highest BCUT2D eigenvalue weighted by molar-refractivity contribution is 7.80. The first-order valence-electron chi connectivity index (χ1n) is 6.68. The number of hydrogen-bond acceptors (Lipinski definition) is 4. The van der Waals surface area contributed by atoms with E-state index in [1.54, 1.807) is 0 Å². The molecule has 5 heteroatoms. The first kappa shape index (κ1) is 13.3. The normalized spacial score (nSPS) is 16.2. The van der Waals surface area contributed by atoms with Gasteiger partial charge in [0.05, 0.1) is 18.7 Å². The van der Waals surface area contributed by atoms with Crippen LogP contribution in [0.4, 0.5) is 0 Å². The molecule has 1 aliphatic heterocycles. The van der Waals surface area contributed by atoms with E-state index >= 15 is 0 Å². The van der Waals surface area contributed by atoms with Gasteiger partial charge in [0.15, 0.2) is 0 Å². The second kappa shape index (κ2) is 5.73. The molecule has 0 amide bonds. The molecule has 0 radical (unpaired) electrons. The zero-order valence-electron chi connectivity index (χ0n) is 11.0. The van der Waals surface area contributed by atoms with Gasteiger partial charge in [-0.25, -0.2) is 4.98 Å². The number of nitrogens with two attached hydrogens (primary N) is 1. The molecule has 0 bridgehead atoms. The quantitative estimate of drug-likeness (QED) is 0.879. The maximum Gasteiger partial charge on any atom is 0.214 e. The Balaban J connectivity index is 1.96. The van der Waals surface area contributed by atoms with Gasteiger partial charge < -0.3 is 15.2 Å². The molecule has 1 aromatic heterocycles. The molecular weight excluding hydrogens is 272 g/mol. The standard InChI is InChI=1S/C15H16N2O2S/c16-15(20)12-9-14(19-10-5-7-18-8-6-10)17-13-4-2-1-3-11(12)13/h1-4,9-10H,5-8H2,(H2,16,20). The number of thiocarbonyl (C=S) groups is 1. The van der Waals surface area contributed by atoms with E-state index in [1.807, 2.05) is 30.3 Å². The Hall–Kier alpha value is -1.72. The van der Waals surface area contributed by atoms with Crippen molar-refractivity contribution in [1.82, 2.24) is 4.98 Å². The summed E-state index contributed by atoms with van der Waals surface area (Å²) in [6.07, 6.45) is 1.92. The molecular formula is C15H16N2O2S. The number of hydrogen-bond donors (Lipinski definition) is 1. The summed E-state index contributed by atoms with van der Waals surface area (Å²) in [4.78, 5) is 4.90. The van der Waals surface area contributed by atoms with Gasteiger partial charge in [-0.15, -0.1) is 0 Å². The Kier molecular flexibility index (Phi) is 3.80. The summed E-state index contributed by atoms with van der Waals surface area (Å²) in [5.41, 5.74) is 7.47. The molecule has 104 valence electrons. The lowest BCUT2D eigenvalue weighted by atomic mass is 10.1. The number of fused-ring (bicyclic) bond motifs is 1. The van der Waals surface area contributed by atoms with Crippen LogP contribution in [0, 0.1) is 0 Å². The first-order chi connectivity index (χ1) is 9.74. The molecule has 3 rings (SSSR count). The van der Waals surface area contributed by atoms with Crippen molar-refractivity contribution in [3.63, 3.8) is 0 Å². The predicted octanol–water partition coefficient (Wildman–Crippen LogP) is 2.43. The Morgan fingerprint density at radius 1 is 1.30 bits per heavy atom. The van der Waals surface area contributed by atoms with Gasteiger partial charge in [0, 0.05) is 29.9 Å². The zero-order chi connectivity index (χ0) is 13.9. The summed E-state index contributed by atoms with van der Waals surface area (Å²) in [7, 11) is 0. The van der Waals surface area contributed by atoms with Crippen LogP contribution in [0.3, 0.4) is 0 Å². The molecule has 1 aliphatic rings. The average Bonchev–Trinajstić information content (AvgIpc) is 2.47. The van der Waals surface area contributed by atoms with Crippen molar-refractivity contribution < 1.29 is 9.47 Å². The summed E-state index contributed by atoms with van der Waals surface area (Å²) in [6.45, 7) is 1.47. The maximum absolute atomic E-state index is 5.95. The van der Waals surface area contributed by atoms with Gasteiger partial charge in [-0.05, 0) is 6.07 Å². The van der Waals surface area contributed by atoms with Gasteiger partial charge in [0.25, 0.3) is 0 Å². The van der Waals surface area contributed by atoms with Crippen LogP contribution in [0.1, 0.15) is 18.4 Å². The van der Waals surface area contributed by atoms with Crippen molar-refractivity contribution >= 4 is 28.1 Å². The van der Waals surface area contributed by atoms with E-state index in [2.05, 4.69) is 4.98 Å². The largest absolute Gasteiger partial charge is 0.474 e. The molecule has 1 aromatic carbocycles. The third-order valence-electron chi connectivity index (χ3n) is 3.41. The SMILES string of the molecule is NC(=S)c1cc(OC2CCOCC2)nc2ccccc12. The third-order valence-corrected chi connectivity index (χ3v) is 3.63. The molecule has 2 heterocycles. The minimum absolute atomic E-state index is 0.150. The fraction of sp³-hybridized carbons (Fsp3) is 0.333. The molecule has 1 fully saturated rings. The van der Waals surface area contributed by atoms with Crippen LogP contribution in [-0.2, 0) is 4.74 Å². The fourth-order valence-corrected chi connectivity index (χ4v) is 2.55. The first-order valence-corrected chi connectivity index (χ1v) is 7.09. The second-order valence-corrected chi connectivity index (χ2v) is 5.26. The number of rotatable bonds is 3. The number of ether oxygens (including phenoxy) is 2. The second-order valence-electron chi connectivity index (χ2n) is 4.82. The van der Waals surface area contributed by atoms with E-state index in [-0.39, 0.29) is 6.10 Å². The van der Waals surface area contributed by atoms with Crippen LogP contribution in [-0.4, -0.2) is 29.3 Å². The number of benzene rings is 1. The van der Waals surface area contributed by atoms with Gasteiger partial charge in [0.1, 0.15) is 11.1 Å². The highest BCUT2D eigenvalue weighted by atomic mass is 32.1. The van der Waals surface area contributed by atoms with Gasteiger partial charge in [-0.1, -0.05) is 30.4 Å². The lowest BCUT2D eigenvalue weighted by Crippen LogP contribution is -2.26. The van der Waals surface area contributed by atoms with Crippen LogP contribution < -0.4 is 10.5 Å². The smallest absolute Gasteiger partial charge is 0.214 e. The number of para-hydroxylation sites is 1. The van der Waals surface area contributed by atoms with Crippen molar-refractivity contribution in [1.29, 1.82) is 0 Å². The molecule has 0 spiro atoms. The monoisotopic (exact) mass is 288 g/mol. The fourth-order valence-electron chi connectivity index (χ4n) is 2.38. The molecule has 0 unspecified atom stereocenters. The zero-order valence-corrected chi connectivity index (χ0v) is 11.9. The number of aromatic nitrogens is 1. The minimum atomic E-state index is 0.150. The topological polar surface area (TPSA) is 57.4 Å².